The number of nitrogens with zero attached hydrogens (tertiary/aromatic N) is 2. The lowest BCUT2D eigenvalue weighted by molar-refractivity contribution is -0.133. The van der Waals surface area contributed by atoms with Gasteiger partial charge < -0.3 is 14.8 Å². The molecule has 2 aromatic carbocycles. The zero-order valence-corrected chi connectivity index (χ0v) is 19.6. The molecule has 0 radical (unpaired) electrons. The Hall–Kier alpha value is -3.15. The lowest BCUT2D eigenvalue weighted by Gasteiger charge is -2.52. The van der Waals surface area contributed by atoms with Crippen molar-refractivity contribution in [1.29, 1.82) is 0 Å². The monoisotopic (exact) mass is 459 g/mol. The molecule has 2 saturated heterocycles. The number of hydrogen-bond acceptors (Lipinski definition) is 2. The Morgan fingerprint density at radius 3 is 2.53 bits per heavy atom. The largest absolute Gasteiger partial charge is 0.351 e. The van der Waals surface area contributed by atoms with Crippen LogP contribution >= 0.6 is 0 Å². The number of carbonyl (C=O) groups excluding carboxylic acids is 2. The third-order valence-corrected chi connectivity index (χ3v) is 8.66. The van der Waals surface area contributed by atoms with E-state index in [2.05, 4.69) is 33.8 Å². The predicted octanol–water partition coefficient (Wildman–Crippen LogP) is 4.92. The number of aromatic nitrogens is 1. The Morgan fingerprint density at radius 2 is 1.79 bits per heavy atom. The van der Waals surface area contributed by atoms with Gasteiger partial charge in [-0.1, -0.05) is 37.3 Å². The molecule has 0 spiro atoms. The summed E-state index contributed by atoms with van der Waals surface area (Å²) in [6.07, 6.45) is 4.57. The highest BCUT2D eigenvalue weighted by atomic mass is 19.1. The summed E-state index contributed by atoms with van der Waals surface area (Å²) in [6, 6.07) is 16.7. The van der Waals surface area contributed by atoms with Gasteiger partial charge in [0.25, 0.3) is 5.91 Å². The second kappa shape index (κ2) is 7.69. The van der Waals surface area contributed by atoms with E-state index in [4.69, 9.17) is 0 Å². The summed E-state index contributed by atoms with van der Waals surface area (Å²) >= 11 is 0. The molecule has 1 aromatic heterocycles. The second-order valence-electron chi connectivity index (χ2n) is 10.6. The number of rotatable bonds is 3. The van der Waals surface area contributed by atoms with Crippen LogP contribution in [0.1, 0.15) is 55.6 Å². The van der Waals surface area contributed by atoms with Crippen LogP contribution in [0.25, 0.3) is 10.9 Å². The fourth-order valence-electron chi connectivity index (χ4n) is 7.28. The smallest absolute Gasteiger partial charge is 0.270 e. The van der Waals surface area contributed by atoms with Crippen LogP contribution in [0.5, 0.6) is 0 Å². The van der Waals surface area contributed by atoms with Gasteiger partial charge in [0.05, 0.1) is 12.1 Å². The number of fused-ring (bicyclic) bond motifs is 2. The number of nitrogens with one attached hydrogen (secondary N) is 1. The first kappa shape index (κ1) is 21.4. The van der Waals surface area contributed by atoms with Crippen LogP contribution in [0.2, 0.25) is 0 Å². The van der Waals surface area contributed by atoms with Crippen molar-refractivity contribution in [3.63, 3.8) is 0 Å². The molecule has 1 saturated carbocycles. The molecule has 6 rings (SSSR count). The van der Waals surface area contributed by atoms with E-state index in [0.717, 1.165) is 36.8 Å². The van der Waals surface area contributed by atoms with Gasteiger partial charge in [0.2, 0.25) is 5.91 Å². The Balaban J connectivity index is 1.47. The van der Waals surface area contributed by atoms with Crippen molar-refractivity contribution in [3.8, 4) is 0 Å². The maximum absolute atomic E-state index is 14.2. The van der Waals surface area contributed by atoms with Crippen LogP contribution < -0.4 is 0 Å². The fourth-order valence-corrected chi connectivity index (χ4v) is 7.28. The number of piperidine rings is 1. The lowest BCUT2D eigenvalue weighted by Crippen LogP contribution is -2.62. The highest BCUT2D eigenvalue weighted by Gasteiger charge is 2.64. The summed E-state index contributed by atoms with van der Waals surface area (Å²) in [5.74, 6) is -0.263. The summed E-state index contributed by atoms with van der Waals surface area (Å²) in [5, 5.41) is 0.695. The van der Waals surface area contributed by atoms with Gasteiger partial charge in [-0.05, 0) is 61.9 Å². The summed E-state index contributed by atoms with van der Waals surface area (Å²) in [4.78, 5) is 34.5. The molecular weight excluding hydrogens is 429 g/mol. The van der Waals surface area contributed by atoms with Gasteiger partial charge in [0.1, 0.15) is 11.5 Å². The Kier molecular flexibility index (Phi) is 4.84. The first-order chi connectivity index (χ1) is 16.4. The Morgan fingerprint density at radius 1 is 1.06 bits per heavy atom. The van der Waals surface area contributed by atoms with Crippen LogP contribution in [0.4, 0.5) is 4.39 Å². The molecule has 34 heavy (non-hydrogen) atoms. The van der Waals surface area contributed by atoms with Gasteiger partial charge in [-0.2, -0.15) is 0 Å². The number of aromatic amines is 1. The van der Waals surface area contributed by atoms with Gasteiger partial charge >= 0.3 is 0 Å². The van der Waals surface area contributed by atoms with E-state index < -0.39 is 0 Å². The zero-order valence-electron chi connectivity index (χ0n) is 19.6. The summed E-state index contributed by atoms with van der Waals surface area (Å²) in [5.41, 5.74) is 2.29. The highest BCUT2D eigenvalue weighted by Crippen LogP contribution is 2.56. The fraction of sp³-hybridized carbons (Fsp3) is 0.429. The second-order valence-corrected chi connectivity index (χ2v) is 10.6. The van der Waals surface area contributed by atoms with E-state index in [1.807, 2.05) is 18.2 Å². The molecule has 2 bridgehead atoms. The van der Waals surface area contributed by atoms with Crippen molar-refractivity contribution in [1.82, 2.24) is 14.8 Å². The number of H-pyrrole nitrogens is 1. The number of likely N-dealkylation sites (tertiary alicyclic amines) is 2. The van der Waals surface area contributed by atoms with E-state index in [9.17, 15) is 14.0 Å². The van der Waals surface area contributed by atoms with Crippen molar-refractivity contribution >= 4 is 22.7 Å². The molecular formula is C28H30FN3O2. The first-order valence-electron chi connectivity index (χ1n) is 12.3. The maximum atomic E-state index is 14.2. The minimum Gasteiger partial charge on any atom is -0.351 e. The molecule has 3 aliphatic rings. The van der Waals surface area contributed by atoms with E-state index in [1.165, 1.54) is 12.1 Å². The molecule has 0 unspecified atom stereocenters. The molecule has 3 heterocycles. The van der Waals surface area contributed by atoms with Crippen molar-refractivity contribution in [3.05, 3.63) is 71.7 Å². The van der Waals surface area contributed by atoms with Crippen molar-refractivity contribution in [2.75, 3.05) is 0 Å². The first-order valence-corrected chi connectivity index (χ1v) is 12.3. The SMILES string of the molecule is CC(=O)N1[C@H]2CCC[C@H]3N(C(=O)c4cc5cc(F)ccc5[nH]4)[C@@H](Cc4ccccc4)[C@@H]1C[C@@]23C. The van der Waals surface area contributed by atoms with Gasteiger partial charge in [-0.15, -0.1) is 0 Å². The molecule has 5 atom stereocenters. The van der Waals surface area contributed by atoms with Crippen LogP contribution in [0.15, 0.2) is 54.6 Å². The number of carbonyl (C=O) groups is 2. The van der Waals surface area contributed by atoms with Crippen molar-refractivity contribution in [2.45, 2.75) is 70.1 Å². The molecule has 2 aliphatic heterocycles. The average Bonchev–Trinajstić information content (AvgIpc) is 3.37. The highest BCUT2D eigenvalue weighted by molar-refractivity contribution is 5.98. The third kappa shape index (κ3) is 3.11. The molecule has 176 valence electrons. The molecule has 6 heteroatoms. The van der Waals surface area contributed by atoms with E-state index in [-0.39, 0.29) is 47.2 Å². The number of hydrogen-bond donors (Lipinski definition) is 1. The van der Waals surface area contributed by atoms with E-state index in [0.29, 0.717) is 17.5 Å². The molecule has 5 nitrogen and oxygen atoms in total. The summed E-state index contributed by atoms with van der Waals surface area (Å²) in [6.45, 7) is 3.95. The molecule has 3 aromatic rings. The van der Waals surface area contributed by atoms with E-state index in [1.54, 1.807) is 19.1 Å². The van der Waals surface area contributed by atoms with Gasteiger partial charge in [-0.3, -0.25) is 9.59 Å². The molecule has 2 amide bonds. The third-order valence-electron chi connectivity index (χ3n) is 8.66. The minimum atomic E-state index is -0.316. The standard InChI is InChI=1S/C28H30FN3O2/c1-17(33)31-24-16-28(2)25(31)9-6-10-26(28)32(23(24)13-18-7-4-3-5-8-18)27(34)22-15-19-14-20(29)11-12-21(19)30-22/h3-5,7-8,11-12,14-15,23-26,30H,6,9-10,13,16H2,1-2H3/t23-,24-,25-,26+,28-/m0/s1. The van der Waals surface area contributed by atoms with E-state index >= 15 is 0 Å². The predicted molar refractivity (Wildman–Crippen MR) is 129 cm³/mol. The normalized spacial score (nSPS) is 30.1. The number of halogens is 1. The van der Waals surface area contributed by atoms with Crippen LogP contribution in [-0.2, 0) is 11.2 Å². The average molecular weight is 460 g/mol. The quantitative estimate of drug-likeness (QED) is 0.604. The number of amides is 2. The van der Waals surface area contributed by atoms with Crippen LogP contribution in [-0.4, -0.2) is 50.8 Å². The van der Waals surface area contributed by atoms with Gasteiger partial charge in [-0.25, -0.2) is 4.39 Å². The maximum Gasteiger partial charge on any atom is 0.270 e. The number of benzene rings is 2. The molecule has 1 aliphatic carbocycles. The Labute approximate surface area is 198 Å². The van der Waals surface area contributed by atoms with Crippen molar-refractivity contribution in [2.24, 2.45) is 5.41 Å². The molecule has 1 N–H and O–H groups in total. The van der Waals surface area contributed by atoms with Crippen LogP contribution in [0, 0.1) is 11.2 Å². The van der Waals surface area contributed by atoms with Crippen molar-refractivity contribution < 1.29 is 14.0 Å². The summed E-state index contributed by atoms with van der Waals surface area (Å²) in [7, 11) is 0. The van der Waals surface area contributed by atoms with Crippen LogP contribution in [0.3, 0.4) is 0 Å². The topological polar surface area (TPSA) is 56.4 Å². The molecule has 3 fully saturated rings. The zero-order chi connectivity index (χ0) is 23.6. The lowest BCUT2D eigenvalue weighted by atomic mass is 9.64. The van der Waals surface area contributed by atoms with Gasteiger partial charge in [0, 0.05) is 35.3 Å². The minimum absolute atomic E-state index is 0.00664. The summed E-state index contributed by atoms with van der Waals surface area (Å²) < 4.78 is 13.8. The van der Waals surface area contributed by atoms with Gasteiger partial charge in [0.15, 0.2) is 0 Å². The Bertz CT molecular complexity index is 1270.